The molecule has 1 aromatic heterocycles. The number of anilines is 1. The Kier molecular flexibility index (Phi) is 4.38. The Morgan fingerprint density at radius 2 is 2.00 bits per heavy atom. The lowest BCUT2D eigenvalue weighted by Gasteiger charge is -2.25. The Hall–Kier alpha value is -1.09. The fourth-order valence-electron chi connectivity index (χ4n) is 2.96. The van der Waals surface area contributed by atoms with Crippen LogP contribution in [-0.2, 0) is 6.54 Å². The fourth-order valence-corrected chi connectivity index (χ4v) is 2.96. The van der Waals surface area contributed by atoms with Crippen LogP contribution in [-0.4, -0.2) is 23.1 Å². The summed E-state index contributed by atoms with van der Waals surface area (Å²) in [7, 11) is 0. The van der Waals surface area contributed by atoms with E-state index in [2.05, 4.69) is 63.9 Å². The third-order valence-electron chi connectivity index (χ3n) is 3.90. The van der Waals surface area contributed by atoms with E-state index in [4.69, 9.17) is 4.98 Å². The molecule has 1 aliphatic rings. The third kappa shape index (κ3) is 3.95. The van der Waals surface area contributed by atoms with Gasteiger partial charge in [0, 0.05) is 30.4 Å². The molecular weight excluding hydrogens is 246 g/mol. The minimum absolute atomic E-state index is 0.146. The summed E-state index contributed by atoms with van der Waals surface area (Å²) in [6, 6.07) is 5.04. The van der Waals surface area contributed by atoms with Crippen LogP contribution in [0.4, 0.5) is 5.82 Å². The molecule has 0 amide bonds. The maximum absolute atomic E-state index is 4.74. The predicted molar refractivity (Wildman–Crippen MR) is 86.2 cm³/mol. The summed E-state index contributed by atoms with van der Waals surface area (Å²) in [5.41, 5.74) is 2.58. The van der Waals surface area contributed by atoms with E-state index in [9.17, 15) is 0 Å². The number of pyridine rings is 1. The zero-order chi connectivity index (χ0) is 14.9. The van der Waals surface area contributed by atoms with Crippen LogP contribution >= 0.6 is 0 Å². The SMILES string of the molecule is Cc1cc(CNC(C)(C)C)cc(N2CC(C)CC2C)n1. The normalized spacial score (nSPS) is 23.4. The zero-order valence-corrected chi connectivity index (χ0v) is 13.8. The number of rotatable bonds is 3. The van der Waals surface area contributed by atoms with E-state index >= 15 is 0 Å². The highest BCUT2D eigenvalue weighted by Gasteiger charge is 2.27. The van der Waals surface area contributed by atoms with Gasteiger partial charge in [0.05, 0.1) is 0 Å². The molecule has 0 aromatic carbocycles. The molecule has 2 rings (SSSR count). The number of aromatic nitrogens is 1. The smallest absolute Gasteiger partial charge is 0.129 e. The van der Waals surface area contributed by atoms with E-state index in [1.807, 2.05) is 0 Å². The van der Waals surface area contributed by atoms with Gasteiger partial charge in [-0.25, -0.2) is 4.98 Å². The Morgan fingerprint density at radius 3 is 2.55 bits per heavy atom. The molecule has 0 aliphatic carbocycles. The van der Waals surface area contributed by atoms with E-state index in [-0.39, 0.29) is 5.54 Å². The van der Waals surface area contributed by atoms with Gasteiger partial charge in [-0.3, -0.25) is 0 Å². The Bertz CT molecular complexity index is 462. The van der Waals surface area contributed by atoms with Crippen LogP contribution in [0.3, 0.4) is 0 Å². The van der Waals surface area contributed by atoms with Crippen molar-refractivity contribution in [3.05, 3.63) is 23.4 Å². The molecule has 3 heteroatoms. The van der Waals surface area contributed by atoms with Gasteiger partial charge in [-0.1, -0.05) is 6.92 Å². The summed E-state index contributed by atoms with van der Waals surface area (Å²) < 4.78 is 0. The van der Waals surface area contributed by atoms with Crippen LogP contribution in [0.1, 0.15) is 52.3 Å². The van der Waals surface area contributed by atoms with Gasteiger partial charge in [0.2, 0.25) is 0 Å². The number of hydrogen-bond donors (Lipinski definition) is 1. The zero-order valence-electron chi connectivity index (χ0n) is 13.8. The van der Waals surface area contributed by atoms with Crippen molar-refractivity contribution in [2.24, 2.45) is 5.92 Å². The third-order valence-corrected chi connectivity index (χ3v) is 3.90. The average Bonchev–Trinajstić information content (AvgIpc) is 2.64. The Morgan fingerprint density at radius 1 is 1.30 bits per heavy atom. The molecule has 1 aromatic rings. The van der Waals surface area contributed by atoms with E-state index in [0.717, 1.165) is 30.5 Å². The Labute approximate surface area is 123 Å². The highest BCUT2D eigenvalue weighted by molar-refractivity contribution is 5.45. The van der Waals surface area contributed by atoms with Crippen LogP contribution < -0.4 is 10.2 Å². The van der Waals surface area contributed by atoms with Crippen LogP contribution in [0.2, 0.25) is 0 Å². The van der Waals surface area contributed by atoms with E-state index in [1.54, 1.807) is 0 Å². The van der Waals surface area contributed by atoms with Crippen molar-refractivity contribution >= 4 is 5.82 Å². The molecule has 1 aliphatic heterocycles. The molecule has 112 valence electrons. The summed E-state index contributed by atoms with van der Waals surface area (Å²) in [4.78, 5) is 7.20. The van der Waals surface area contributed by atoms with Gasteiger partial charge >= 0.3 is 0 Å². The lowest BCUT2D eigenvalue weighted by atomic mass is 10.1. The van der Waals surface area contributed by atoms with Crippen molar-refractivity contribution < 1.29 is 0 Å². The first kappa shape index (κ1) is 15.3. The maximum Gasteiger partial charge on any atom is 0.129 e. The lowest BCUT2D eigenvalue weighted by molar-refractivity contribution is 0.424. The van der Waals surface area contributed by atoms with Crippen LogP contribution in [0.25, 0.3) is 0 Å². The topological polar surface area (TPSA) is 28.2 Å². The summed E-state index contributed by atoms with van der Waals surface area (Å²) in [5, 5.41) is 3.56. The molecule has 2 heterocycles. The Balaban J connectivity index is 2.16. The van der Waals surface area contributed by atoms with Crippen molar-refractivity contribution in [3.63, 3.8) is 0 Å². The first-order valence-corrected chi connectivity index (χ1v) is 7.74. The molecule has 0 saturated carbocycles. The monoisotopic (exact) mass is 275 g/mol. The molecule has 0 bridgehead atoms. The second-order valence-electron chi connectivity index (χ2n) is 7.42. The summed E-state index contributed by atoms with van der Waals surface area (Å²) >= 11 is 0. The van der Waals surface area contributed by atoms with Gasteiger partial charge in [-0.2, -0.15) is 0 Å². The summed E-state index contributed by atoms with van der Waals surface area (Å²) in [6.45, 7) is 15.4. The van der Waals surface area contributed by atoms with Crippen molar-refractivity contribution in [2.75, 3.05) is 11.4 Å². The molecule has 1 saturated heterocycles. The quantitative estimate of drug-likeness (QED) is 0.915. The van der Waals surface area contributed by atoms with Crippen molar-refractivity contribution in [2.45, 2.75) is 66.1 Å². The van der Waals surface area contributed by atoms with Crippen molar-refractivity contribution in [3.8, 4) is 0 Å². The van der Waals surface area contributed by atoms with Gasteiger partial charge in [0.25, 0.3) is 0 Å². The van der Waals surface area contributed by atoms with Gasteiger partial charge in [0.15, 0.2) is 0 Å². The van der Waals surface area contributed by atoms with E-state index in [1.165, 1.54) is 12.0 Å². The minimum Gasteiger partial charge on any atom is -0.354 e. The van der Waals surface area contributed by atoms with E-state index < -0.39 is 0 Å². The molecular formula is C17H29N3. The van der Waals surface area contributed by atoms with Crippen molar-refractivity contribution in [1.29, 1.82) is 0 Å². The molecule has 2 unspecified atom stereocenters. The number of aryl methyl sites for hydroxylation is 1. The van der Waals surface area contributed by atoms with Gasteiger partial charge in [-0.15, -0.1) is 0 Å². The van der Waals surface area contributed by atoms with Crippen LogP contribution in [0.5, 0.6) is 0 Å². The molecule has 20 heavy (non-hydrogen) atoms. The van der Waals surface area contributed by atoms with Crippen LogP contribution in [0, 0.1) is 12.8 Å². The number of hydrogen-bond acceptors (Lipinski definition) is 3. The van der Waals surface area contributed by atoms with Gasteiger partial charge < -0.3 is 10.2 Å². The lowest BCUT2D eigenvalue weighted by Crippen LogP contribution is -2.35. The number of nitrogens with zero attached hydrogens (tertiary/aromatic N) is 2. The van der Waals surface area contributed by atoms with Crippen LogP contribution in [0.15, 0.2) is 12.1 Å². The predicted octanol–water partition coefficient (Wildman–Crippen LogP) is 3.51. The molecule has 0 radical (unpaired) electrons. The maximum atomic E-state index is 4.74. The molecule has 0 spiro atoms. The average molecular weight is 275 g/mol. The highest BCUT2D eigenvalue weighted by atomic mass is 15.2. The molecule has 1 fully saturated rings. The molecule has 1 N–H and O–H groups in total. The standard InChI is InChI=1S/C17H29N3/c1-12-7-14(3)20(11-12)16-9-15(8-13(2)19-16)10-18-17(4,5)6/h8-9,12,14,18H,7,10-11H2,1-6H3. The second-order valence-corrected chi connectivity index (χ2v) is 7.42. The van der Waals surface area contributed by atoms with Gasteiger partial charge in [-0.05, 0) is 64.7 Å². The first-order valence-electron chi connectivity index (χ1n) is 7.74. The second kappa shape index (κ2) is 5.72. The summed E-state index contributed by atoms with van der Waals surface area (Å²) in [6.07, 6.45) is 1.27. The largest absolute Gasteiger partial charge is 0.354 e. The minimum atomic E-state index is 0.146. The fraction of sp³-hybridized carbons (Fsp3) is 0.706. The molecule has 3 nitrogen and oxygen atoms in total. The first-order chi connectivity index (χ1) is 9.24. The van der Waals surface area contributed by atoms with Crippen molar-refractivity contribution in [1.82, 2.24) is 10.3 Å². The molecule has 2 atom stereocenters. The van der Waals surface area contributed by atoms with E-state index in [0.29, 0.717) is 6.04 Å². The highest BCUT2D eigenvalue weighted by Crippen LogP contribution is 2.28. The number of nitrogens with one attached hydrogen (secondary N) is 1. The summed E-state index contributed by atoms with van der Waals surface area (Å²) in [5.74, 6) is 1.91. The van der Waals surface area contributed by atoms with Gasteiger partial charge in [0.1, 0.15) is 5.82 Å².